The van der Waals surface area contributed by atoms with Gasteiger partial charge < -0.3 is 9.72 Å². The second-order valence-corrected chi connectivity index (χ2v) is 6.84. The first-order valence-corrected chi connectivity index (χ1v) is 9.15. The predicted molar refractivity (Wildman–Crippen MR) is 110 cm³/mol. The molecule has 0 saturated carbocycles. The molecule has 0 saturated heterocycles. The molecule has 4 aromatic rings. The molecular weight excluding hydrogens is 356 g/mol. The first kappa shape index (κ1) is 17.4. The van der Waals surface area contributed by atoms with E-state index in [1.54, 1.807) is 0 Å². The number of imidazole rings is 1. The molecule has 0 radical (unpaired) electrons. The number of aromatic amines is 1. The molecule has 0 unspecified atom stereocenters. The van der Waals surface area contributed by atoms with Crippen molar-refractivity contribution in [1.29, 1.82) is 0 Å². The Balaban J connectivity index is 1.51. The Kier molecular flexibility index (Phi) is 4.95. The van der Waals surface area contributed by atoms with Crippen LogP contribution in [0.25, 0.3) is 22.6 Å². The van der Waals surface area contributed by atoms with Gasteiger partial charge in [0.1, 0.15) is 18.2 Å². The molecule has 1 heterocycles. The van der Waals surface area contributed by atoms with Gasteiger partial charge in [-0.1, -0.05) is 41.9 Å². The molecule has 0 bridgehead atoms. The first-order chi connectivity index (χ1) is 13.2. The topological polar surface area (TPSA) is 37.9 Å². The number of rotatable bonds is 5. The van der Waals surface area contributed by atoms with Crippen LogP contribution in [-0.2, 0) is 6.61 Å². The maximum Gasteiger partial charge on any atom is 0.137 e. The van der Waals surface area contributed by atoms with E-state index in [2.05, 4.69) is 35.1 Å². The van der Waals surface area contributed by atoms with Gasteiger partial charge >= 0.3 is 0 Å². The highest BCUT2D eigenvalue weighted by Crippen LogP contribution is 2.28. The van der Waals surface area contributed by atoms with Crippen LogP contribution in [0.15, 0.2) is 79.0 Å². The molecule has 4 heteroatoms. The maximum absolute atomic E-state index is 5.96. The van der Waals surface area contributed by atoms with Crippen LogP contribution in [0.2, 0.25) is 5.02 Å². The number of aromatic nitrogens is 2. The van der Waals surface area contributed by atoms with Crippen LogP contribution in [0.1, 0.15) is 11.1 Å². The fourth-order valence-electron chi connectivity index (χ4n) is 2.94. The average Bonchev–Trinajstić information content (AvgIpc) is 3.18. The zero-order valence-electron chi connectivity index (χ0n) is 14.9. The van der Waals surface area contributed by atoms with Crippen LogP contribution in [-0.4, -0.2) is 9.97 Å². The zero-order chi connectivity index (χ0) is 18.6. The smallest absolute Gasteiger partial charge is 0.137 e. The Labute approximate surface area is 163 Å². The molecule has 3 nitrogen and oxygen atoms in total. The standard InChI is InChI=1S/C23H19ClN2O/c1-16-13-19(9-12-22(16)27-15-17-5-3-2-4-6-17)21-14-25-23(26-21)18-7-10-20(24)11-8-18/h2-14H,15H2,1H3,(H,25,26). The number of aryl methyl sites for hydroxylation is 1. The summed E-state index contributed by atoms with van der Waals surface area (Å²) in [5, 5.41) is 0.715. The van der Waals surface area contributed by atoms with E-state index in [1.165, 1.54) is 0 Å². The Hall–Kier alpha value is -3.04. The molecule has 1 N–H and O–H groups in total. The van der Waals surface area contributed by atoms with Crippen molar-refractivity contribution in [3.05, 3.63) is 95.1 Å². The second-order valence-electron chi connectivity index (χ2n) is 6.41. The normalized spacial score (nSPS) is 10.7. The minimum absolute atomic E-state index is 0.561. The number of nitrogens with one attached hydrogen (secondary N) is 1. The van der Waals surface area contributed by atoms with E-state index >= 15 is 0 Å². The highest BCUT2D eigenvalue weighted by molar-refractivity contribution is 6.30. The molecule has 4 rings (SSSR count). The third-order valence-electron chi connectivity index (χ3n) is 4.42. The van der Waals surface area contributed by atoms with Gasteiger partial charge in [-0.3, -0.25) is 0 Å². The highest BCUT2D eigenvalue weighted by atomic mass is 35.5. The van der Waals surface area contributed by atoms with Crippen LogP contribution in [0.3, 0.4) is 0 Å². The monoisotopic (exact) mass is 374 g/mol. The summed E-state index contributed by atoms with van der Waals surface area (Å²) in [7, 11) is 0. The average molecular weight is 375 g/mol. The van der Waals surface area contributed by atoms with Crippen LogP contribution in [0, 0.1) is 6.92 Å². The second kappa shape index (κ2) is 7.68. The minimum atomic E-state index is 0.561. The van der Waals surface area contributed by atoms with Gasteiger partial charge in [0.15, 0.2) is 0 Å². The third kappa shape index (κ3) is 4.04. The van der Waals surface area contributed by atoms with Gasteiger partial charge in [0.2, 0.25) is 0 Å². The lowest BCUT2D eigenvalue weighted by Crippen LogP contribution is -1.97. The van der Waals surface area contributed by atoms with Crippen molar-refractivity contribution < 1.29 is 4.74 Å². The molecule has 0 spiro atoms. The number of H-pyrrole nitrogens is 1. The van der Waals surface area contributed by atoms with Gasteiger partial charge in [-0.25, -0.2) is 4.98 Å². The van der Waals surface area contributed by atoms with Crippen molar-refractivity contribution in [2.75, 3.05) is 0 Å². The first-order valence-electron chi connectivity index (χ1n) is 8.78. The van der Waals surface area contributed by atoms with Crippen molar-refractivity contribution >= 4 is 11.6 Å². The van der Waals surface area contributed by atoms with Crippen LogP contribution >= 0.6 is 11.6 Å². The van der Waals surface area contributed by atoms with Crippen molar-refractivity contribution in [3.63, 3.8) is 0 Å². The molecule has 3 aromatic carbocycles. The molecule has 0 amide bonds. The molecule has 0 aliphatic rings. The highest BCUT2D eigenvalue weighted by Gasteiger charge is 2.08. The molecule has 27 heavy (non-hydrogen) atoms. The molecule has 0 aliphatic heterocycles. The van der Waals surface area contributed by atoms with E-state index in [-0.39, 0.29) is 0 Å². The molecular formula is C23H19ClN2O. The summed E-state index contributed by atoms with van der Waals surface area (Å²) >= 11 is 5.95. The zero-order valence-corrected chi connectivity index (χ0v) is 15.7. The third-order valence-corrected chi connectivity index (χ3v) is 4.67. The Bertz CT molecular complexity index is 1040. The lowest BCUT2D eigenvalue weighted by atomic mass is 10.1. The molecule has 134 valence electrons. The summed E-state index contributed by atoms with van der Waals surface area (Å²) in [4.78, 5) is 7.87. The van der Waals surface area contributed by atoms with E-state index in [0.717, 1.165) is 39.5 Å². The molecule has 1 aromatic heterocycles. The van der Waals surface area contributed by atoms with Crippen LogP contribution in [0.5, 0.6) is 5.75 Å². The van der Waals surface area contributed by atoms with Crippen molar-refractivity contribution in [2.24, 2.45) is 0 Å². The van der Waals surface area contributed by atoms with Crippen molar-refractivity contribution in [2.45, 2.75) is 13.5 Å². The van der Waals surface area contributed by atoms with Gasteiger partial charge in [-0.2, -0.15) is 0 Å². The fraction of sp³-hybridized carbons (Fsp3) is 0.0870. The Morgan fingerprint density at radius 3 is 2.41 bits per heavy atom. The summed E-state index contributed by atoms with van der Waals surface area (Å²) in [6.45, 7) is 2.62. The number of ether oxygens (including phenoxy) is 1. The quantitative estimate of drug-likeness (QED) is 0.446. The Morgan fingerprint density at radius 2 is 1.67 bits per heavy atom. The van der Waals surface area contributed by atoms with E-state index < -0.39 is 0 Å². The summed E-state index contributed by atoms with van der Waals surface area (Å²) in [5.74, 6) is 1.71. The van der Waals surface area contributed by atoms with Crippen LogP contribution in [0.4, 0.5) is 0 Å². The minimum Gasteiger partial charge on any atom is -0.489 e. The molecule has 0 atom stereocenters. The lowest BCUT2D eigenvalue weighted by Gasteiger charge is -2.10. The summed E-state index contributed by atoms with van der Waals surface area (Å²) < 4.78 is 5.96. The molecule has 0 aliphatic carbocycles. The lowest BCUT2D eigenvalue weighted by molar-refractivity contribution is 0.304. The molecule has 0 fully saturated rings. The van der Waals surface area contributed by atoms with E-state index in [0.29, 0.717) is 11.6 Å². The maximum atomic E-state index is 5.96. The van der Waals surface area contributed by atoms with Crippen LogP contribution < -0.4 is 4.74 Å². The van der Waals surface area contributed by atoms with Gasteiger partial charge in [-0.15, -0.1) is 0 Å². The SMILES string of the molecule is Cc1cc(-c2cnc(-c3ccc(Cl)cc3)[nH]2)ccc1OCc1ccccc1. The number of nitrogens with zero attached hydrogens (tertiary/aromatic N) is 1. The van der Waals surface area contributed by atoms with E-state index in [9.17, 15) is 0 Å². The number of benzene rings is 3. The van der Waals surface area contributed by atoms with Gasteiger partial charge in [0.25, 0.3) is 0 Å². The summed E-state index contributed by atoms with van der Waals surface area (Å²) in [6, 6.07) is 24.0. The largest absolute Gasteiger partial charge is 0.489 e. The van der Waals surface area contributed by atoms with Crippen molar-refractivity contribution in [1.82, 2.24) is 9.97 Å². The Morgan fingerprint density at radius 1 is 0.926 bits per heavy atom. The number of halogens is 1. The number of hydrogen-bond donors (Lipinski definition) is 1. The van der Waals surface area contributed by atoms with Gasteiger partial charge in [0, 0.05) is 16.1 Å². The summed E-state index contributed by atoms with van der Waals surface area (Å²) in [5.41, 5.74) is 5.29. The van der Waals surface area contributed by atoms with E-state index in [1.807, 2.05) is 60.8 Å². The number of hydrogen-bond acceptors (Lipinski definition) is 2. The van der Waals surface area contributed by atoms with Gasteiger partial charge in [-0.05, 0) is 60.5 Å². The summed E-state index contributed by atoms with van der Waals surface area (Å²) in [6.07, 6.45) is 1.85. The van der Waals surface area contributed by atoms with Crippen molar-refractivity contribution in [3.8, 4) is 28.4 Å². The predicted octanol–water partition coefficient (Wildman–Crippen LogP) is 6.28. The van der Waals surface area contributed by atoms with E-state index in [4.69, 9.17) is 16.3 Å². The fourth-order valence-corrected chi connectivity index (χ4v) is 3.06. The van der Waals surface area contributed by atoms with Gasteiger partial charge in [0.05, 0.1) is 11.9 Å².